The molecule has 15 heavy (non-hydrogen) atoms. The lowest BCUT2D eigenvalue weighted by molar-refractivity contribution is 0.0691. The van der Waals surface area contributed by atoms with E-state index >= 15 is 0 Å². The quantitative estimate of drug-likeness (QED) is 0.828. The van der Waals surface area contributed by atoms with E-state index in [0.717, 1.165) is 6.07 Å². The van der Waals surface area contributed by atoms with Crippen LogP contribution in [0.5, 0.6) is 5.75 Å². The van der Waals surface area contributed by atoms with Gasteiger partial charge >= 0.3 is 5.97 Å². The van der Waals surface area contributed by atoms with Gasteiger partial charge in [-0.2, -0.15) is 0 Å². The maximum atomic E-state index is 13.6. The number of hydrogen-bond donors (Lipinski definition) is 1. The second-order valence-electron chi connectivity index (χ2n) is 2.85. The molecule has 0 saturated carbocycles. The molecule has 5 heteroatoms. The molecule has 1 rings (SSSR count). The van der Waals surface area contributed by atoms with Crippen LogP contribution in [0.2, 0.25) is 0 Å². The number of rotatable bonds is 4. The average Bonchev–Trinajstić information content (AvgIpc) is 2.20. The zero-order chi connectivity index (χ0) is 11.4. The summed E-state index contributed by atoms with van der Waals surface area (Å²) in [7, 11) is 2.78. The third-order valence-corrected chi connectivity index (χ3v) is 1.94. The Kier molecular flexibility index (Phi) is 3.62. The van der Waals surface area contributed by atoms with Gasteiger partial charge in [-0.3, -0.25) is 0 Å². The highest BCUT2D eigenvalue weighted by Crippen LogP contribution is 2.25. The van der Waals surface area contributed by atoms with E-state index in [-0.39, 0.29) is 23.5 Å². The minimum absolute atomic E-state index is 0.0316. The zero-order valence-corrected chi connectivity index (χ0v) is 8.41. The van der Waals surface area contributed by atoms with E-state index in [1.165, 1.54) is 20.3 Å². The van der Waals surface area contributed by atoms with Crippen LogP contribution in [0.25, 0.3) is 0 Å². The van der Waals surface area contributed by atoms with Crippen molar-refractivity contribution in [3.8, 4) is 5.75 Å². The highest BCUT2D eigenvalue weighted by atomic mass is 19.1. The van der Waals surface area contributed by atoms with Gasteiger partial charge in [-0.25, -0.2) is 9.18 Å². The maximum absolute atomic E-state index is 13.6. The fourth-order valence-corrected chi connectivity index (χ4v) is 1.24. The minimum Gasteiger partial charge on any atom is -0.496 e. The van der Waals surface area contributed by atoms with Crippen molar-refractivity contribution in [2.24, 2.45) is 0 Å². The van der Waals surface area contributed by atoms with Gasteiger partial charge in [-0.05, 0) is 12.1 Å². The van der Waals surface area contributed by atoms with Crippen LogP contribution in [-0.2, 0) is 11.3 Å². The standard InChI is InChI=1S/C10H11FO4/c1-14-5-7-8(15-2)4-3-6(9(7)11)10(12)13/h3-4H,5H2,1-2H3,(H,12,13). The van der Waals surface area contributed by atoms with E-state index in [4.69, 9.17) is 14.6 Å². The summed E-state index contributed by atoms with van der Waals surface area (Å²) in [6.07, 6.45) is 0. The van der Waals surface area contributed by atoms with Crippen LogP contribution in [0, 0.1) is 5.82 Å². The van der Waals surface area contributed by atoms with Crippen molar-refractivity contribution in [1.29, 1.82) is 0 Å². The molecule has 0 unspecified atom stereocenters. The van der Waals surface area contributed by atoms with Crippen molar-refractivity contribution in [1.82, 2.24) is 0 Å². The zero-order valence-electron chi connectivity index (χ0n) is 8.41. The predicted molar refractivity (Wildman–Crippen MR) is 50.6 cm³/mol. The number of aromatic carboxylic acids is 1. The summed E-state index contributed by atoms with van der Waals surface area (Å²) in [5, 5.41) is 8.70. The molecule has 0 aliphatic carbocycles. The van der Waals surface area contributed by atoms with Gasteiger partial charge in [-0.15, -0.1) is 0 Å². The number of ether oxygens (including phenoxy) is 2. The summed E-state index contributed by atoms with van der Waals surface area (Å²) in [5.74, 6) is -1.85. The largest absolute Gasteiger partial charge is 0.496 e. The molecule has 0 fully saturated rings. The van der Waals surface area contributed by atoms with Crippen molar-refractivity contribution in [2.75, 3.05) is 14.2 Å². The first-order valence-corrected chi connectivity index (χ1v) is 4.19. The van der Waals surface area contributed by atoms with Crippen LogP contribution in [0.3, 0.4) is 0 Å². The average molecular weight is 214 g/mol. The molecule has 82 valence electrons. The van der Waals surface area contributed by atoms with Crippen molar-refractivity contribution in [3.63, 3.8) is 0 Å². The number of hydrogen-bond acceptors (Lipinski definition) is 3. The summed E-state index contributed by atoms with van der Waals surface area (Å²) < 4.78 is 23.3. The molecule has 0 aliphatic rings. The van der Waals surface area contributed by atoms with Crippen LogP contribution in [0.4, 0.5) is 4.39 Å². The fraction of sp³-hybridized carbons (Fsp3) is 0.300. The van der Waals surface area contributed by atoms with Gasteiger partial charge in [0, 0.05) is 7.11 Å². The third-order valence-electron chi connectivity index (χ3n) is 1.94. The van der Waals surface area contributed by atoms with Crippen LogP contribution in [0.1, 0.15) is 15.9 Å². The normalized spacial score (nSPS) is 10.1. The first kappa shape index (κ1) is 11.5. The van der Waals surface area contributed by atoms with E-state index in [1.807, 2.05) is 0 Å². The van der Waals surface area contributed by atoms with E-state index in [0.29, 0.717) is 0 Å². The monoisotopic (exact) mass is 214 g/mol. The Labute approximate surface area is 86.2 Å². The molecule has 4 nitrogen and oxygen atoms in total. The van der Waals surface area contributed by atoms with Crippen LogP contribution >= 0.6 is 0 Å². The molecule has 0 aliphatic heterocycles. The van der Waals surface area contributed by atoms with Crippen LogP contribution in [0.15, 0.2) is 12.1 Å². The number of methoxy groups -OCH3 is 2. The van der Waals surface area contributed by atoms with E-state index in [2.05, 4.69) is 0 Å². The Morgan fingerprint density at radius 1 is 1.47 bits per heavy atom. The molecule has 1 N–H and O–H groups in total. The summed E-state index contributed by atoms with van der Waals surface area (Å²) in [6, 6.07) is 2.57. The van der Waals surface area contributed by atoms with Crippen molar-refractivity contribution in [2.45, 2.75) is 6.61 Å². The maximum Gasteiger partial charge on any atom is 0.338 e. The molecule has 0 aromatic heterocycles. The Balaban J connectivity index is 3.28. The first-order chi connectivity index (χ1) is 7.11. The summed E-state index contributed by atoms with van der Waals surface area (Å²) in [6.45, 7) is -0.0316. The number of halogens is 1. The minimum atomic E-state index is -1.31. The molecule has 0 atom stereocenters. The summed E-state index contributed by atoms with van der Waals surface area (Å²) >= 11 is 0. The molecule has 0 heterocycles. The summed E-state index contributed by atoms with van der Waals surface area (Å²) in [5.41, 5.74) is -0.275. The van der Waals surface area contributed by atoms with Crippen molar-refractivity contribution in [3.05, 3.63) is 29.1 Å². The van der Waals surface area contributed by atoms with Gasteiger partial charge in [0.05, 0.1) is 24.8 Å². The number of benzene rings is 1. The Hall–Kier alpha value is -1.62. The first-order valence-electron chi connectivity index (χ1n) is 4.19. The smallest absolute Gasteiger partial charge is 0.338 e. The summed E-state index contributed by atoms with van der Waals surface area (Å²) in [4.78, 5) is 10.7. The Morgan fingerprint density at radius 2 is 2.13 bits per heavy atom. The van der Waals surface area contributed by atoms with Gasteiger partial charge in [0.1, 0.15) is 11.6 Å². The van der Waals surface area contributed by atoms with E-state index in [1.54, 1.807) is 0 Å². The lowest BCUT2D eigenvalue weighted by atomic mass is 10.1. The highest BCUT2D eigenvalue weighted by Gasteiger charge is 2.17. The molecule has 0 amide bonds. The molecule has 0 bridgehead atoms. The second-order valence-corrected chi connectivity index (χ2v) is 2.85. The molecule has 0 saturated heterocycles. The molecular weight excluding hydrogens is 203 g/mol. The molecule has 1 aromatic carbocycles. The van der Waals surface area contributed by atoms with E-state index < -0.39 is 11.8 Å². The van der Waals surface area contributed by atoms with Crippen LogP contribution < -0.4 is 4.74 Å². The van der Waals surface area contributed by atoms with Gasteiger partial charge < -0.3 is 14.6 Å². The number of carboxylic acid groups (broad SMARTS) is 1. The lowest BCUT2D eigenvalue weighted by Crippen LogP contribution is -2.06. The van der Waals surface area contributed by atoms with Crippen molar-refractivity contribution < 1.29 is 23.8 Å². The number of carbonyl (C=O) groups is 1. The molecular formula is C10H11FO4. The second kappa shape index (κ2) is 4.75. The Bertz CT molecular complexity index is 376. The van der Waals surface area contributed by atoms with Gasteiger partial charge in [0.15, 0.2) is 0 Å². The van der Waals surface area contributed by atoms with Gasteiger partial charge in [0.2, 0.25) is 0 Å². The highest BCUT2D eigenvalue weighted by molar-refractivity contribution is 5.88. The third kappa shape index (κ3) is 2.24. The van der Waals surface area contributed by atoms with Crippen molar-refractivity contribution >= 4 is 5.97 Å². The molecule has 0 spiro atoms. The predicted octanol–water partition coefficient (Wildman–Crippen LogP) is 1.68. The topological polar surface area (TPSA) is 55.8 Å². The van der Waals surface area contributed by atoms with Gasteiger partial charge in [-0.1, -0.05) is 0 Å². The lowest BCUT2D eigenvalue weighted by Gasteiger charge is -2.10. The molecule has 1 aromatic rings. The SMILES string of the molecule is COCc1c(OC)ccc(C(=O)O)c1F. The number of carboxylic acids is 1. The van der Waals surface area contributed by atoms with E-state index in [9.17, 15) is 9.18 Å². The molecule has 0 radical (unpaired) electrons. The van der Waals surface area contributed by atoms with Gasteiger partial charge in [0.25, 0.3) is 0 Å². The fourth-order valence-electron chi connectivity index (χ4n) is 1.24. The Morgan fingerprint density at radius 3 is 2.60 bits per heavy atom. The van der Waals surface area contributed by atoms with Crippen LogP contribution in [-0.4, -0.2) is 25.3 Å².